The lowest BCUT2D eigenvalue weighted by atomic mass is 10.5. The molecule has 1 aromatic heterocycles. The summed E-state index contributed by atoms with van der Waals surface area (Å²) in [5, 5.41) is 6.51. The van der Waals surface area contributed by atoms with E-state index in [9.17, 15) is 13.6 Å². The molecule has 17 heavy (non-hydrogen) atoms. The van der Waals surface area contributed by atoms with Crippen molar-refractivity contribution in [3.8, 4) is 5.88 Å². The molecule has 1 N–H and O–H groups in total. The number of alkyl halides is 2. The summed E-state index contributed by atoms with van der Waals surface area (Å²) in [4.78, 5) is 10.9. The Balaban J connectivity index is 2.60. The molecule has 0 spiro atoms. The van der Waals surface area contributed by atoms with Crippen molar-refractivity contribution < 1.29 is 23.0 Å². The highest BCUT2D eigenvalue weighted by atomic mass is 19.3. The number of nitrogens with one attached hydrogen (secondary N) is 1. The summed E-state index contributed by atoms with van der Waals surface area (Å²) < 4.78 is 34.6. The number of halogens is 2. The van der Waals surface area contributed by atoms with Crippen LogP contribution in [0, 0.1) is 0 Å². The van der Waals surface area contributed by atoms with E-state index in [0.717, 1.165) is 0 Å². The van der Waals surface area contributed by atoms with Gasteiger partial charge in [0.25, 0.3) is 12.3 Å². The SMILES string of the molecule is COC(=O)CNc1cn(C)nc1OCC(F)F. The number of esters is 1. The molecule has 1 rings (SSSR count). The smallest absolute Gasteiger partial charge is 0.325 e. The first-order chi connectivity index (χ1) is 8.02. The number of ether oxygens (including phenoxy) is 2. The summed E-state index contributed by atoms with van der Waals surface area (Å²) in [5.41, 5.74) is 0.360. The second-order valence-electron chi connectivity index (χ2n) is 3.15. The van der Waals surface area contributed by atoms with Gasteiger partial charge in [-0.05, 0) is 0 Å². The number of carbonyl (C=O) groups is 1. The largest absolute Gasteiger partial charge is 0.469 e. The number of aryl methyl sites for hydroxylation is 1. The van der Waals surface area contributed by atoms with Crippen LogP contribution in [0.25, 0.3) is 0 Å². The summed E-state index contributed by atoms with van der Waals surface area (Å²) in [6.07, 6.45) is -1.06. The minimum absolute atomic E-state index is 0.0247. The molecule has 8 heteroatoms. The number of nitrogens with zero attached hydrogens (tertiary/aromatic N) is 2. The van der Waals surface area contributed by atoms with E-state index in [-0.39, 0.29) is 12.4 Å². The van der Waals surface area contributed by atoms with E-state index < -0.39 is 19.0 Å². The van der Waals surface area contributed by atoms with E-state index in [1.54, 1.807) is 7.05 Å². The van der Waals surface area contributed by atoms with Gasteiger partial charge in [-0.25, -0.2) is 8.78 Å². The van der Waals surface area contributed by atoms with Crippen LogP contribution in [0.5, 0.6) is 5.88 Å². The van der Waals surface area contributed by atoms with Gasteiger partial charge in [-0.1, -0.05) is 0 Å². The van der Waals surface area contributed by atoms with Crippen LogP contribution < -0.4 is 10.1 Å². The van der Waals surface area contributed by atoms with Gasteiger partial charge in [0.05, 0.1) is 13.3 Å². The average molecular weight is 249 g/mol. The number of aromatic nitrogens is 2. The van der Waals surface area contributed by atoms with Crippen molar-refractivity contribution in [2.45, 2.75) is 6.43 Å². The van der Waals surface area contributed by atoms with E-state index >= 15 is 0 Å². The van der Waals surface area contributed by atoms with Gasteiger partial charge in [-0.15, -0.1) is 5.10 Å². The third kappa shape index (κ3) is 4.25. The number of methoxy groups -OCH3 is 1. The first kappa shape index (κ1) is 13.2. The zero-order valence-electron chi connectivity index (χ0n) is 9.44. The van der Waals surface area contributed by atoms with Gasteiger partial charge in [-0.2, -0.15) is 0 Å². The molecule has 1 aromatic rings. The molecular weight excluding hydrogens is 236 g/mol. The fourth-order valence-corrected chi connectivity index (χ4v) is 1.08. The summed E-state index contributed by atoms with van der Waals surface area (Å²) in [6.45, 7) is -0.836. The Bertz CT molecular complexity index is 382. The molecule has 0 fully saturated rings. The van der Waals surface area contributed by atoms with Crippen molar-refractivity contribution in [1.29, 1.82) is 0 Å². The second kappa shape index (κ2) is 6.02. The van der Waals surface area contributed by atoms with Gasteiger partial charge >= 0.3 is 5.97 Å². The molecule has 0 saturated heterocycles. The topological polar surface area (TPSA) is 65.4 Å². The maximum Gasteiger partial charge on any atom is 0.325 e. The first-order valence-electron chi connectivity index (χ1n) is 4.78. The van der Waals surface area contributed by atoms with Crippen LogP contribution in [-0.2, 0) is 16.6 Å². The molecule has 0 aliphatic carbocycles. The highest BCUT2D eigenvalue weighted by Crippen LogP contribution is 2.21. The Kier molecular flexibility index (Phi) is 4.68. The third-order valence-corrected chi connectivity index (χ3v) is 1.79. The van der Waals surface area contributed by atoms with Crippen LogP contribution in [-0.4, -0.2) is 42.4 Å². The van der Waals surface area contributed by atoms with Crippen LogP contribution >= 0.6 is 0 Å². The average Bonchev–Trinajstić information content (AvgIpc) is 2.63. The minimum atomic E-state index is -2.58. The van der Waals surface area contributed by atoms with Gasteiger partial charge in [0.2, 0.25) is 0 Å². The molecule has 0 aliphatic rings. The van der Waals surface area contributed by atoms with Crippen molar-refractivity contribution in [3.63, 3.8) is 0 Å². The van der Waals surface area contributed by atoms with Crippen LogP contribution in [0.4, 0.5) is 14.5 Å². The monoisotopic (exact) mass is 249 g/mol. The summed E-state index contributed by atoms with van der Waals surface area (Å²) >= 11 is 0. The van der Waals surface area contributed by atoms with Gasteiger partial charge in [0.15, 0.2) is 6.61 Å². The number of anilines is 1. The molecule has 0 aromatic carbocycles. The number of hydrogen-bond donors (Lipinski definition) is 1. The number of carbonyl (C=O) groups excluding carboxylic acids is 1. The predicted molar refractivity (Wildman–Crippen MR) is 55.2 cm³/mol. The van der Waals surface area contributed by atoms with E-state index in [1.807, 2.05) is 0 Å². The van der Waals surface area contributed by atoms with E-state index in [1.165, 1.54) is 18.0 Å². The molecule has 0 atom stereocenters. The Labute approximate surface area is 96.5 Å². The van der Waals surface area contributed by atoms with Crippen LogP contribution in [0.2, 0.25) is 0 Å². The molecule has 0 saturated carbocycles. The van der Waals surface area contributed by atoms with Gasteiger partial charge in [0.1, 0.15) is 12.2 Å². The van der Waals surface area contributed by atoms with Gasteiger partial charge < -0.3 is 14.8 Å². The minimum Gasteiger partial charge on any atom is -0.469 e. The Hall–Kier alpha value is -1.86. The van der Waals surface area contributed by atoms with Crippen LogP contribution in [0.1, 0.15) is 0 Å². The maximum absolute atomic E-state index is 12.0. The van der Waals surface area contributed by atoms with E-state index in [0.29, 0.717) is 5.69 Å². The molecule has 1 heterocycles. The van der Waals surface area contributed by atoms with E-state index in [2.05, 4.69) is 15.2 Å². The second-order valence-corrected chi connectivity index (χ2v) is 3.15. The van der Waals surface area contributed by atoms with Crippen molar-refractivity contribution in [3.05, 3.63) is 6.20 Å². The molecular formula is C9H13F2N3O3. The quantitative estimate of drug-likeness (QED) is 0.750. The van der Waals surface area contributed by atoms with Crippen molar-refractivity contribution in [2.75, 3.05) is 25.6 Å². The Morgan fingerprint density at radius 1 is 1.65 bits per heavy atom. The molecule has 0 aliphatic heterocycles. The standard InChI is InChI=1S/C9H13F2N3O3/c1-14-4-6(12-3-8(15)16-2)9(13-14)17-5-7(10)11/h4,7,12H,3,5H2,1-2H3. The van der Waals surface area contributed by atoms with Crippen LogP contribution in [0.3, 0.4) is 0 Å². The highest BCUT2D eigenvalue weighted by Gasteiger charge is 2.12. The van der Waals surface area contributed by atoms with E-state index in [4.69, 9.17) is 4.74 Å². The third-order valence-electron chi connectivity index (χ3n) is 1.79. The Morgan fingerprint density at radius 2 is 2.35 bits per heavy atom. The molecule has 96 valence electrons. The van der Waals surface area contributed by atoms with Gasteiger partial charge in [0, 0.05) is 7.05 Å². The van der Waals surface area contributed by atoms with Gasteiger partial charge in [-0.3, -0.25) is 9.48 Å². The molecule has 6 nitrogen and oxygen atoms in total. The van der Waals surface area contributed by atoms with Crippen molar-refractivity contribution >= 4 is 11.7 Å². The zero-order chi connectivity index (χ0) is 12.8. The summed E-state index contributed by atoms with van der Waals surface area (Å²) in [5.74, 6) is -0.453. The molecule has 0 bridgehead atoms. The molecule has 0 amide bonds. The predicted octanol–water partition coefficient (Wildman–Crippen LogP) is 0.649. The lowest BCUT2D eigenvalue weighted by Gasteiger charge is -2.06. The normalized spacial score (nSPS) is 10.4. The number of hydrogen-bond acceptors (Lipinski definition) is 5. The van der Waals surface area contributed by atoms with Crippen molar-refractivity contribution in [1.82, 2.24) is 9.78 Å². The molecule has 0 radical (unpaired) electrons. The fraction of sp³-hybridized carbons (Fsp3) is 0.556. The lowest BCUT2D eigenvalue weighted by molar-refractivity contribution is -0.138. The lowest BCUT2D eigenvalue weighted by Crippen LogP contribution is -2.15. The molecule has 0 unspecified atom stereocenters. The zero-order valence-corrected chi connectivity index (χ0v) is 9.44. The summed E-state index contributed by atoms with van der Waals surface area (Å²) in [6, 6.07) is 0. The van der Waals surface area contributed by atoms with Crippen molar-refractivity contribution in [2.24, 2.45) is 7.05 Å². The Morgan fingerprint density at radius 3 is 2.94 bits per heavy atom. The highest BCUT2D eigenvalue weighted by molar-refractivity contribution is 5.75. The number of rotatable bonds is 6. The first-order valence-corrected chi connectivity index (χ1v) is 4.78. The fourth-order valence-electron chi connectivity index (χ4n) is 1.08. The summed E-state index contributed by atoms with van der Waals surface area (Å²) in [7, 11) is 2.86. The van der Waals surface area contributed by atoms with Crippen LogP contribution in [0.15, 0.2) is 6.20 Å². The maximum atomic E-state index is 12.0.